The van der Waals surface area contributed by atoms with Crippen molar-refractivity contribution in [1.29, 1.82) is 0 Å². The molecule has 0 spiro atoms. The van der Waals surface area contributed by atoms with Gasteiger partial charge in [-0.2, -0.15) is 0 Å². The van der Waals surface area contributed by atoms with Crippen LogP contribution in [0.15, 0.2) is 53.4 Å². The van der Waals surface area contributed by atoms with Crippen LogP contribution in [-0.4, -0.2) is 23.1 Å². The maximum Gasteiger partial charge on any atom is 0.337 e. The highest BCUT2D eigenvalue weighted by Gasteiger charge is 2.28. The highest BCUT2D eigenvalue weighted by molar-refractivity contribution is 8.01. The van der Waals surface area contributed by atoms with Gasteiger partial charge in [-0.05, 0) is 36.4 Å². The Bertz CT molecular complexity index is 844. The second-order valence-electron chi connectivity index (χ2n) is 5.43. The molecule has 1 heterocycles. The molecule has 9 heteroatoms. The normalized spacial score (nSPS) is 15.4. The third-order valence-electron chi connectivity index (χ3n) is 3.49. The molecule has 0 saturated carbocycles. The van der Waals surface area contributed by atoms with Crippen LogP contribution in [0.1, 0.15) is 6.42 Å². The molecule has 1 atom stereocenters. The number of amides is 4. The van der Waals surface area contributed by atoms with Gasteiger partial charge in [0.2, 0.25) is 11.8 Å². The van der Waals surface area contributed by atoms with E-state index in [1.807, 2.05) is 18.2 Å². The number of anilines is 2. The van der Waals surface area contributed by atoms with E-state index in [2.05, 4.69) is 21.5 Å². The number of benzene rings is 2. The minimum Gasteiger partial charge on any atom is -0.324 e. The number of hydrazine groups is 1. The number of hydrogen-bond donors (Lipinski definition) is 4. The van der Waals surface area contributed by atoms with Crippen LogP contribution in [0, 0.1) is 0 Å². The summed E-state index contributed by atoms with van der Waals surface area (Å²) in [6.45, 7) is 0. The van der Waals surface area contributed by atoms with E-state index in [0.29, 0.717) is 10.7 Å². The minimum atomic E-state index is -0.605. The lowest BCUT2D eigenvalue weighted by Gasteiger charge is -2.23. The summed E-state index contributed by atoms with van der Waals surface area (Å²) in [6.07, 6.45) is -0.0634. The molecule has 4 amide bonds. The first-order chi connectivity index (χ1) is 12.5. The Morgan fingerprint density at radius 3 is 2.58 bits per heavy atom. The zero-order valence-corrected chi connectivity index (χ0v) is 15.0. The van der Waals surface area contributed by atoms with Gasteiger partial charge in [0.05, 0.1) is 10.9 Å². The number of carbonyl (C=O) groups is 3. The van der Waals surface area contributed by atoms with Gasteiger partial charge in [0.15, 0.2) is 0 Å². The van der Waals surface area contributed by atoms with Gasteiger partial charge >= 0.3 is 6.03 Å². The van der Waals surface area contributed by atoms with Crippen LogP contribution in [0.2, 0.25) is 5.02 Å². The SMILES string of the molecule is O=C(C[C@H]1Sc2ccccc2NC1=O)NNC(=O)Nc1ccc(Cl)cc1. The Labute approximate surface area is 158 Å². The molecule has 7 nitrogen and oxygen atoms in total. The predicted octanol–water partition coefficient (Wildman–Crippen LogP) is 3.00. The van der Waals surface area contributed by atoms with E-state index in [1.165, 1.54) is 11.8 Å². The minimum absolute atomic E-state index is 0.0634. The van der Waals surface area contributed by atoms with Gasteiger partial charge in [-0.1, -0.05) is 23.7 Å². The van der Waals surface area contributed by atoms with Crippen LogP contribution in [0.4, 0.5) is 16.2 Å². The summed E-state index contributed by atoms with van der Waals surface area (Å²) in [5.74, 6) is -0.710. The molecule has 0 bridgehead atoms. The van der Waals surface area contributed by atoms with E-state index < -0.39 is 17.2 Å². The molecule has 134 valence electrons. The van der Waals surface area contributed by atoms with Gasteiger partial charge in [0, 0.05) is 22.0 Å². The average Bonchev–Trinajstić information content (AvgIpc) is 2.62. The fourth-order valence-electron chi connectivity index (χ4n) is 2.27. The highest BCUT2D eigenvalue weighted by atomic mass is 35.5. The first-order valence-corrected chi connectivity index (χ1v) is 8.95. The van der Waals surface area contributed by atoms with Crippen LogP contribution >= 0.6 is 23.4 Å². The summed E-state index contributed by atoms with van der Waals surface area (Å²) in [6, 6.07) is 13.3. The summed E-state index contributed by atoms with van der Waals surface area (Å²) in [5.41, 5.74) is 5.79. The molecule has 0 unspecified atom stereocenters. The lowest BCUT2D eigenvalue weighted by atomic mass is 10.2. The molecule has 0 radical (unpaired) electrons. The summed E-state index contributed by atoms with van der Waals surface area (Å²) >= 11 is 7.08. The number of carbonyl (C=O) groups excluding carboxylic acids is 3. The van der Waals surface area contributed by atoms with Crippen molar-refractivity contribution in [2.45, 2.75) is 16.6 Å². The largest absolute Gasteiger partial charge is 0.337 e. The topological polar surface area (TPSA) is 99.3 Å². The molecular formula is C17H15ClN4O3S. The van der Waals surface area contributed by atoms with Crippen molar-refractivity contribution in [2.75, 3.05) is 10.6 Å². The van der Waals surface area contributed by atoms with E-state index >= 15 is 0 Å². The van der Waals surface area contributed by atoms with Crippen molar-refractivity contribution < 1.29 is 14.4 Å². The molecule has 0 saturated heterocycles. The molecule has 26 heavy (non-hydrogen) atoms. The van der Waals surface area contributed by atoms with Gasteiger partial charge in [-0.25, -0.2) is 10.2 Å². The maximum atomic E-state index is 12.1. The number of hydrogen-bond acceptors (Lipinski definition) is 4. The number of thioether (sulfide) groups is 1. The van der Waals surface area contributed by atoms with E-state index in [9.17, 15) is 14.4 Å². The molecule has 1 aliphatic heterocycles. The monoisotopic (exact) mass is 390 g/mol. The van der Waals surface area contributed by atoms with E-state index in [4.69, 9.17) is 11.6 Å². The lowest BCUT2D eigenvalue weighted by Crippen LogP contribution is -2.45. The van der Waals surface area contributed by atoms with Crippen molar-refractivity contribution in [1.82, 2.24) is 10.9 Å². The van der Waals surface area contributed by atoms with Crippen molar-refractivity contribution in [2.24, 2.45) is 0 Å². The van der Waals surface area contributed by atoms with E-state index in [0.717, 1.165) is 10.6 Å². The van der Waals surface area contributed by atoms with Crippen molar-refractivity contribution in [3.05, 3.63) is 53.6 Å². The Kier molecular flexibility index (Phi) is 5.65. The highest BCUT2D eigenvalue weighted by Crippen LogP contribution is 2.36. The van der Waals surface area contributed by atoms with Gasteiger partial charge in [0.1, 0.15) is 0 Å². The molecule has 2 aromatic carbocycles. The van der Waals surface area contributed by atoms with E-state index in [-0.39, 0.29) is 12.3 Å². The number of urea groups is 1. The Balaban J connectivity index is 1.47. The number of rotatable bonds is 3. The van der Waals surface area contributed by atoms with Crippen LogP contribution < -0.4 is 21.5 Å². The fourth-order valence-corrected chi connectivity index (χ4v) is 3.50. The Morgan fingerprint density at radius 2 is 1.81 bits per heavy atom. The zero-order chi connectivity index (χ0) is 18.5. The Hall–Kier alpha value is -2.71. The molecule has 0 fully saturated rings. The number of nitrogens with one attached hydrogen (secondary N) is 4. The number of fused-ring (bicyclic) bond motifs is 1. The summed E-state index contributed by atoms with van der Waals surface area (Å²) < 4.78 is 0. The molecule has 1 aliphatic rings. The lowest BCUT2D eigenvalue weighted by molar-refractivity contribution is -0.124. The second-order valence-corrected chi connectivity index (χ2v) is 7.11. The maximum absolute atomic E-state index is 12.1. The predicted molar refractivity (Wildman–Crippen MR) is 101 cm³/mol. The summed E-state index contributed by atoms with van der Waals surface area (Å²) in [7, 11) is 0. The quantitative estimate of drug-likeness (QED) is 0.605. The molecule has 2 aromatic rings. The van der Waals surface area contributed by atoms with Crippen molar-refractivity contribution >= 4 is 52.6 Å². The van der Waals surface area contributed by atoms with Crippen LogP contribution in [0.5, 0.6) is 0 Å². The standard InChI is InChI=1S/C17H15ClN4O3S/c18-10-5-7-11(8-6-10)19-17(25)22-21-15(23)9-14-16(24)20-12-3-1-2-4-13(12)26-14/h1-8,14H,9H2,(H,20,24)(H,21,23)(H2,19,22,25)/t14-/m1/s1. The zero-order valence-electron chi connectivity index (χ0n) is 13.4. The first kappa shape index (κ1) is 18.1. The van der Waals surface area contributed by atoms with Gasteiger partial charge in [-0.3, -0.25) is 15.0 Å². The average molecular weight is 391 g/mol. The van der Waals surface area contributed by atoms with Crippen LogP contribution in [0.3, 0.4) is 0 Å². The molecule has 4 N–H and O–H groups in total. The second kappa shape index (κ2) is 8.11. The third kappa shape index (κ3) is 4.68. The molecular weight excluding hydrogens is 376 g/mol. The molecule has 0 aromatic heterocycles. The summed E-state index contributed by atoms with van der Waals surface area (Å²) in [5, 5.41) is 5.30. The van der Waals surface area contributed by atoms with Gasteiger partial charge < -0.3 is 10.6 Å². The number of para-hydroxylation sites is 1. The van der Waals surface area contributed by atoms with Crippen molar-refractivity contribution in [3.63, 3.8) is 0 Å². The third-order valence-corrected chi connectivity index (χ3v) is 5.02. The molecule has 0 aliphatic carbocycles. The summed E-state index contributed by atoms with van der Waals surface area (Å²) in [4.78, 5) is 36.8. The van der Waals surface area contributed by atoms with Crippen molar-refractivity contribution in [3.8, 4) is 0 Å². The van der Waals surface area contributed by atoms with Gasteiger partial charge in [-0.15, -0.1) is 11.8 Å². The van der Waals surface area contributed by atoms with E-state index in [1.54, 1.807) is 30.3 Å². The van der Waals surface area contributed by atoms with Gasteiger partial charge in [0.25, 0.3) is 0 Å². The molecule has 3 rings (SSSR count). The van der Waals surface area contributed by atoms with Crippen LogP contribution in [0.25, 0.3) is 0 Å². The first-order valence-electron chi connectivity index (χ1n) is 7.69. The Morgan fingerprint density at radius 1 is 1.08 bits per heavy atom. The van der Waals surface area contributed by atoms with Crippen LogP contribution in [-0.2, 0) is 9.59 Å². The number of halogens is 1. The fraction of sp³-hybridized carbons (Fsp3) is 0.118. The smallest absolute Gasteiger partial charge is 0.324 e.